The molecule has 0 aromatic carbocycles. The minimum Gasteiger partial charge on any atom is -0.386 e. The van der Waals surface area contributed by atoms with Gasteiger partial charge in [0.15, 0.2) is 0 Å². The van der Waals surface area contributed by atoms with Crippen molar-refractivity contribution in [3.8, 4) is 0 Å². The van der Waals surface area contributed by atoms with Crippen LogP contribution in [0.4, 0.5) is 4.79 Å². The number of carbonyl (C=O) groups excluding carboxylic acids is 1. The Balaban J connectivity index is 1.76. The number of hydrogen-bond acceptors (Lipinski definition) is 4. The van der Waals surface area contributed by atoms with Crippen LogP contribution in [0.25, 0.3) is 0 Å². The quantitative estimate of drug-likeness (QED) is 0.871. The number of rotatable bonds is 4. The summed E-state index contributed by atoms with van der Waals surface area (Å²) in [6, 6.07) is 3.93. The van der Waals surface area contributed by atoms with Crippen molar-refractivity contribution in [3.63, 3.8) is 0 Å². The fraction of sp³-hybridized carbons (Fsp3) is 0.615. The zero-order valence-electron chi connectivity index (χ0n) is 11.2. The Morgan fingerprint density at radius 1 is 1.47 bits per heavy atom. The van der Waals surface area contributed by atoms with Gasteiger partial charge in [0.25, 0.3) is 0 Å². The van der Waals surface area contributed by atoms with Crippen molar-refractivity contribution < 1.29 is 9.90 Å². The van der Waals surface area contributed by atoms with Crippen molar-refractivity contribution >= 4 is 17.4 Å². The Hall–Kier alpha value is -1.11. The molecule has 0 radical (unpaired) electrons. The van der Waals surface area contributed by atoms with E-state index in [2.05, 4.69) is 10.2 Å². The van der Waals surface area contributed by atoms with Gasteiger partial charge in [0.1, 0.15) is 6.10 Å². The zero-order chi connectivity index (χ0) is 13.7. The van der Waals surface area contributed by atoms with Crippen LogP contribution in [0.3, 0.4) is 0 Å². The standard InChI is InChI=1S/C13H21N3O2S/c1-2-14-13(18)16-7-5-15(6-8-16)10-11(17)12-4-3-9-19-12/h3-4,9,11,17H,2,5-8,10H2,1H3,(H,14,18)/t11-/m0/s1. The third kappa shape index (κ3) is 3.92. The van der Waals surface area contributed by atoms with Crippen LogP contribution in [-0.2, 0) is 0 Å². The maximum absolute atomic E-state index is 11.7. The van der Waals surface area contributed by atoms with E-state index in [0.29, 0.717) is 13.1 Å². The highest BCUT2D eigenvalue weighted by Gasteiger charge is 2.22. The van der Waals surface area contributed by atoms with E-state index in [9.17, 15) is 9.90 Å². The van der Waals surface area contributed by atoms with E-state index >= 15 is 0 Å². The summed E-state index contributed by atoms with van der Waals surface area (Å²) in [5, 5.41) is 14.9. The maximum Gasteiger partial charge on any atom is 0.317 e. The van der Waals surface area contributed by atoms with E-state index in [1.165, 1.54) is 0 Å². The lowest BCUT2D eigenvalue weighted by molar-refractivity contribution is 0.0828. The number of piperazine rings is 1. The fourth-order valence-electron chi connectivity index (χ4n) is 2.21. The average molecular weight is 283 g/mol. The lowest BCUT2D eigenvalue weighted by Crippen LogP contribution is -2.52. The van der Waals surface area contributed by atoms with Gasteiger partial charge in [-0.15, -0.1) is 11.3 Å². The zero-order valence-corrected chi connectivity index (χ0v) is 12.0. The van der Waals surface area contributed by atoms with Crippen molar-refractivity contribution in [3.05, 3.63) is 22.4 Å². The second-order valence-electron chi connectivity index (χ2n) is 4.65. The number of hydrogen-bond donors (Lipinski definition) is 2. The Bertz CT molecular complexity index is 389. The molecule has 6 heteroatoms. The average Bonchev–Trinajstić information content (AvgIpc) is 2.94. The molecule has 1 atom stereocenters. The van der Waals surface area contributed by atoms with E-state index in [0.717, 1.165) is 31.1 Å². The molecule has 1 aliphatic heterocycles. The molecule has 2 rings (SSSR count). The Morgan fingerprint density at radius 2 is 2.21 bits per heavy atom. The van der Waals surface area contributed by atoms with E-state index < -0.39 is 6.10 Å². The first-order chi connectivity index (χ1) is 9.20. The third-order valence-corrected chi connectivity index (χ3v) is 4.26. The van der Waals surface area contributed by atoms with Gasteiger partial charge in [-0.3, -0.25) is 4.90 Å². The largest absolute Gasteiger partial charge is 0.386 e. The summed E-state index contributed by atoms with van der Waals surface area (Å²) in [5.74, 6) is 0. The van der Waals surface area contributed by atoms with E-state index in [4.69, 9.17) is 0 Å². The van der Waals surface area contributed by atoms with Gasteiger partial charge in [-0.1, -0.05) is 6.07 Å². The number of β-amino-alcohol motifs (C(OH)–C–C–N with tert-alkyl or cyclic N) is 1. The number of urea groups is 1. The molecule has 0 aliphatic carbocycles. The van der Waals surface area contributed by atoms with Gasteiger partial charge in [-0.05, 0) is 18.4 Å². The summed E-state index contributed by atoms with van der Waals surface area (Å²) >= 11 is 1.58. The third-order valence-electron chi connectivity index (χ3n) is 3.29. The lowest BCUT2D eigenvalue weighted by Gasteiger charge is -2.35. The summed E-state index contributed by atoms with van der Waals surface area (Å²) < 4.78 is 0. The predicted molar refractivity (Wildman–Crippen MR) is 76.4 cm³/mol. The first kappa shape index (κ1) is 14.3. The molecule has 1 aliphatic rings. The number of amides is 2. The van der Waals surface area contributed by atoms with E-state index in [1.807, 2.05) is 29.3 Å². The number of thiophene rings is 1. The Labute approximate surface area is 117 Å². The summed E-state index contributed by atoms with van der Waals surface area (Å²) in [6.45, 7) is 6.32. The number of aliphatic hydroxyl groups excluding tert-OH is 1. The van der Waals surface area contributed by atoms with Crippen LogP contribution in [0, 0.1) is 0 Å². The van der Waals surface area contributed by atoms with Crippen molar-refractivity contribution in [1.82, 2.24) is 15.1 Å². The van der Waals surface area contributed by atoms with Gasteiger partial charge in [-0.2, -0.15) is 0 Å². The molecule has 2 amide bonds. The molecule has 1 fully saturated rings. The topological polar surface area (TPSA) is 55.8 Å². The molecule has 2 N–H and O–H groups in total. The smallest absolute Gasteiger partial charge is 0.317 e. The number of carbonyl (C=O) groups is 1. The van der Waals surface area contributed by atoms with Crippen molar-refractivity contribution in [2.75, 3.05) is 39.3 Å². The van der Waals surface area contributed by atoms with Crippen LogP contribution >= 0.6 is 11.3 Å². The van der Waals surface area contributed by atoms with Crippen molar-refractivity contribution in [1.29, 1.82) is 0 Å². The van der Waals surface area contributed by atoms with Crippen LogP contribution in [0.1, 0.15) is 17.9 Å². The number of aliphatic hydroxyl groups is 1. The number of nitrogens with zero attached hydrogens (tertiary/aromatic N) is 2. The second-order valence-corrected chi connectivity index (χ2v) is 5.63. The molecular formula is C13H21N3O2S. The minimum absolute atomic E-state index is 0.0148. The van der Waals surface area contributed by atoms with Crippen LogP contribution in [0.2, 0.25) is 0 Å². The van der Waals surface area contributed by atoms with Crippen LogP contribution < -0.4 is 5.32 Å². The molecule has 2 heterocycles. The molecule has 1 saturated heterocycles. The van der Waals surface area contributed by atoms with Crippen molar-refractivity contribution in [2.45, 2.75) is 13.0 Å². The monoisotopic (exact) mass is 283 g/mol. The fourth-order valence-corrected chi connectivity index (χ4v) is 2.92. The van der Waals surface area contributed by atoms with E-state index in [1.54, 1.807) is 11.3 Å². The molecule has 0 saturated carbocycles. The van der Waals surface area contributed by atoms with Crippen molar-refractivity contribution in [2.24, 2.45) is 0 Å². The molecule has 106 valence electrons. The van der Waals surface area contributed by atoms with Gasteiger partial charge in [0, 0.05) is 44.1 Å². The van der Waals surface area contributed by atoms with Gasteiger partial charge < -0.3 is 15.3 Å². The van der Waals surface area contributed by atoms with E-state index in [-0.39, 0.29) is 6.03 Å². The van der Waals surface area contributed by atoms with Gasteiger partial charge in [-0.25, -0.2) is 4.79 Å². The molecule has 0 unspecified atom stereocenters. The lowest BCUT2D eigenvalue weighted by atomic mass is 10.2. The predicted octanol–water partition coefficient (Wildman–Crippen LogP) is 1.13. The second kappa shape index (κ2) is 6.88. The Kier molecular flexibility index (Phi) is 5.18. The number of nitrogens with one attached hydrogen (secondary N) is 1. The molecule has 0 spiro atoms. The summed E-state index contributed by atoms with van der Waals surface area (Å²) in [5.41, 5.74) is 0. The molecule has 0 bridgehead atoms. The molecule has 1 aromatic heterocycles. The first-order valence-electron chi connectivity index (χ1n) is 6.67. The summed E-state index contributed by atoms with van der Waals surface area (Å²) in [7, 11) is 0. The first-order valence-corrected chi connectivity index (χ1v) is 7.55. The molecular weight excluding hydrogens is 262 g/mol. The van der Waals surface area contributed by atoms with Gasteiger partial charge >= 0.3 is 6.03 Å². The Morgan fingerprint density at radius 3 is 2.79 bits per heavy atom. The summed E-state index contributed by atoms with van der Waals surface area (Å²) in [4.78, 5) is 16.7. The maximum atomic E-state index is 11.7. The molecule has 5 nitrogen and oxygen atoms in total. The highest BCUT2D eigenvalue weighted by atomic mass is 32.1. The van der Waals surface area contributed by atoms with Crippen LogP contribution in [0.5, 0.6) is 0 Å². The molecule has 1 aromatic rings. The highest BCUT2D eigenvalue weighted by Crippen LogP contribution is 2.20. The van der Waals surface area contributed by atoms with Crippen LogP contribution in [0.15, 0.2) is 17.5 Å². The van der Waals surface area contributed by atoms with Crippen LogP contribution in [-0.4, -0.2) is 60.2 Å². The normalized spacial score (nSPS) is 18.3. The molecule has 19 heavy (non-hydrogen) atoms. The SMILES string of the molecule is CCNC(=O)N1CCN(C[C@H](O)c2cccs2)CC1. The van der Waals surface area contributed by atoms with Gasteiger partial charge in [0.2, 0.25) is 0 Å². The summed E-state index contributed by atoms with van der Waals surface area (Å²) in [6.07, 6.45) is -0.420. The minimum atomic E-state index is -0.420. The highest BCUT2D eigenvalue weighted by molar-refractivity contribution is 7.10. The van der Waals surface area contributed by atoms with Gasteiger partial charge in [0.05, 0.1) is 0 Å².